The van der Waals surface area contributed by atoms with E-state index in [-0.39, 0.29) is 11.4 Å². The van der Waals surface area contributed by atoms with Gasteiger partial charge < -0.3 is 4.74 Å². The van der Waals surface area contributed by atoms with Crippen LogP contribution in [0.1, 0.15) is 68.7 Å². The van der Waals surface area contributed by atoms with Crippen molar-refractivity contribution in [3.8, 4) is 0 Å². The second-order valence-electron chi connectivity index (χ2n) is 7.71. The topological polar surface area (TPSA) is 26.3 Å². The Hall–Kier alpha value is -0.530. The van der Waals surface area contributed by atoms with Gasteiger partial charge in [0.1, 0.15) is 5.60 Å². The molecule has 0 heterocycles. The third-order valence-corrected chi connectivity index (χ3v) is 3.41. The SMILES string of the molecule is CC(C)C(C)(C)CC(C)(C)C(=O)OC(C)(C)C. The molecule has 0 amide bonds. The van der Waals surface area contributed by atoms with E-state index >= 15 is 0 Å². The van der Waals surface area contributed by atoms with Crippen LogP contribution in [0.25, 0.3) is 0 Å². The van der Waals surface area contributed by atoms with E-state index in [1.165, 1.54) is 0 Å². The predicted octanol–water partition coefficient (Wildman–Crippen LogP) is 4.43. The number of hydrogen-bond donors (Lipinski definition) is 0. The average Bonchev–Trinajstić information content (AvgIpc) is 1.97. The highest BCUT2D eigenvalue weighted by molar-refractivity contribution is 5.76. The molecule has 102 valence electrons. The summed E-state index contributed by atoms with van der Waals surface area (Å²) >= 11 is 0. The van der Waals surface area contributed by atoms with Gasteiger partial charge in [0, 0.05) is 0 Å². The molecule has 2 heteroatoms. The van der Waals surface area contributed by atoms with Crippen LogP contribution in [-0.4, -0.2) is 11.6 Å². The summed E-state index contributed by atoms with van der Waals surface area (Å²) in [5.74, 6) is 0.447. The highest BCUT2D eigenvalue weighted by atomic mass is 16.6. The molecule has 0 aromatic carbocycles. The maximum atomic E-state index is 12.2. The fourth-order valence-corrected chi connectivity index (χ4v) is 1.83. The van der Waals surface area contributed by atoms with Crippen molar-refractivity contribution in [1.29, 1.82) is 0 Å². The Morgan fingerprint density at radius 2 is 1.41 bits per heavy atom. The van der Waals surface area contributed by atoms with E-state index in [9.17, 15) is 4.79 Å². The normalized spacial score (nSPS) is 14.0. The first-order valence-electron chi connectivity index (χ1n) is 6.51. The third kappa shape index (κ3) is 5.56. The molecule has 0 aromatic heterocycles. The summed E-state index contributed by atoms with van der Waals surface area (Å²) in [4.78, 5) is 12.2. The number of hydrogen-bond acceptors (Lipinski definition) is 2. The second kappa shape index (κ2) is 4.99. The van der Waals surface area contributed by atoms with Crippen LogP contribution in [0.2, 0.25) is 0 Å². The molecule has 0 aliphatic heterocycles. The first-order chi connectivity index (χ1) is 7.28. The monoisotopic (exact) mass is 242 g/mol. The molecule has 0 rings (SSSR count). The Morgan fingerprint density at radius 3 is 1.71 bits per heavy atom. The number of rotatable bonds is 4. The van der Waals surface area contributed by atoms with E-state index in [1.807, 2.05) is 34.6 Å². The minimum atomic E-state index is -0.430. The van der Waals surface area contributed by atoms with Gasteiger partial charge in [-0.2, -0.15) is 0 Å². The molecule has 2 nitrogen and oxygen atoms in total. The molecular formula is C15H30O2. The molecule has 0 saturated carbocycles. The lowest BCUT2D eigenvalue weighted by molar-refractivity contribution is -0.167. The van der Waals surface area contributed by atoms with E-state index in [1.54, 1.807) is 0 Å². The summed E-state index contributed by atoms with van der Waals surface area (Å²) in [5.41, 5.74) is -0.697. The highest BCUT2D eigenvalue weighted by Crippen LogP contribution is 2.40. The fourth-order valence-electron chi connectivity index (χ4n) is 1.83. The Morgan fingerprint density at radius 1 is 1.00 bits per heavy atom. The van der Waals surface area contributed by atoms with Gasteiger partial charge in [-0.1, -0.05) is 27.7 Å². The molecule has 0 radical (unpaired) electrons. The maximum Gasteiger partial charge on any atom is 0.312 e. The first-order valence-corrected chi connectivity index (χ1v) is 6.51. The Labute approximate surface area is 107 Å². The van der Waals surface area contributed by atoms with Gasteiger partial charge >= 0.3 is 5.97 Å². The molecule has 0 N–H and O–H groups in total. The molecule has 0 aliphatic carbocycles. The quantitative estimate of drug-likeness (QED) is 0.682. The molecular weight excluding hydrogens is 212 g/mol. The molecule has 0 unspecified atom stereocenters. The average molecular weight is 242 g/mol. The zero-order valence-electron chi connectivity index (χ0n) is 13.1. The minimum Gasteiger partial charge on any atom is -0.460 e. The van der Waals surface area contributed by atoms with Gasteiger partial charge in [-0.15, -0.1) is 0 Å². The van der Waals surface area contributed by atoms with Crippen molar-refractivity contribution in [3.63, 3.8) is 0 Å². The van der Waals surface area contributed by atoms with Gasteiger partial charge in [-0.25, -0.2) is 0 Å². The third-order valence-electron chi connectivity index (χ3n) is 3.41. The molecule has 0 bridgehead atoms. The molecule has 17 heavy (non-hydrogen) atoms. The molecule has 0 spiro atoms. The van der Waals surface area contributed by atoms with E-state index in [0.29, 0.717) is 5.92 Å². The largest absolute Gasteiger partial charge is 0.460 e. The molecule has 0 fully saturated rings. The van der Waals surface area contributed by atoms with Crippen LogP contribution in [-0.2, 0) is 9.53 Å². The molecule has 0 aliphatic rings. The highest BCUT2D eigenvalue weighted by Gasteiger charge is 2.38. The van der Waals surface area contributed by atoms with Gasteiger partial charge in [0.2, 0.25) is 0 Å². The standard InChI is InChI=1S/C15H30O2/c1-11(2)14(6,7)10-15(8,9)12(16)17-13(3,4)5/h11H,10H2,1-9H3. The smallest absolute Gasteiger partial charge is 0.312 e. The Balaban J connectivity index is 4.74. The fraction of sp³-hybridized carbons (Fsp3) is 0.933. The Kier molecular flexibility index (Phi) is 4.84. The van der Waals surface area contributed by atoms with Crippen LogP contribution >= 0.6 is 0 Å². The van der Waals surface area contributed by atoms with E-state index in [4.69, 9.17) is 4.74 Å². The zero-order valence-corrected chi connectivity index (χ0v) is 13.1. The molecule has 0 aromatic rings. The summed E-state index contributed by atoms with van der Waals surface area (Å²) in [6.45, 7) is 18.5. The van der Waals surface area contributed by atoms with Crippen LogP contribution in [0.5, 0.6) is 0 Å². The Bertz CT molecular complexity index is 267. The lowest BCUT2D eigenvalue weighted by Gasteiger charge is -2.37. The lowest BCUT2D eigenvalue weighted by atomic mass is 9.69. The van der Waals surface area contributed by atoms with Crippen LogP contribution in [0.4, 0.5) is 0 Å². The van der Waals surface area contributed by atoms with Crippen molar-refractivity contribution in [2.24, 2.45) is 16.7 Å². The van der Waals surface area contributed by atoms with Gasteiger partial charge in [0.15, 0.2) is 0 Å². The first kappa shape index (κ1) is 16.5. The summed E-state index contributed by atoms with van der Waals surface area (Å²) in [5, 5.41) is 0. The van der Waals surface area contributed by atoms with Crippen molar-refractivity contribution in [3.05, 3.63) is 0 Å². The lowest BCUT2D eigenvalue weighted by Crippen LogP contribution is -2.38. The van der Waals surface area contributed by atoms with Gasteiger partial charge in [0.05, 0.1) is 5.41 Å². The van der Waals surface area contributed by atoms with E-state index in [2.05, 4.69) is 27.7 Å². The van der Waals surface area contributed by atoms with E-state index in [0.717, 1.165) is 6.42 Å². The number of esters is 1. The maximum absolute atomic E-state index is 12.2. The van der Waals surface area contributed by atoms with Gasteiger partial charge in [0.25, 0.3) is 0 Å². The molecule has 0 atom stereocenters. The predicted molar refractivity (Wildman–Crippen MR) is 72.9 cm³/mol. The number of ether oxygens (including phenoxy) is 1. The van der Waals surface area contributed by atoms with Crippen LogP contribution < -0.4 is 0 Å². The van der Waals surface area contributed by atoms with Crippen LogP contribution in [0, 0.1) is 16.7 Å². The zero-order chi connectivity index (χ0) is 14.1. The van der Waals surface area contributed by atoms with Crippen molar-refractivity contribution in [1.82, 2.24) is 0 Å². The second-order valence-corrected chi connectivity index (χ2v) is 7.71. The van der Waals surface area contributed by atoms with E-state index < -0.39 is 11.0 Å². The van der Waals surface area contributed by atoms with Crippen molar-refractivity contribution in [2.75, 3.05) is 0 Å². The summed E-state index contributed by atoms with van der Waals surface area (Å²) < 4.78 is 5.49. The summed E-state index contributed by atoms with van der Waals surface area (Å²) in [6, 6.07) is 0. The summed E-state index contributed by atoms with van der Waals surface area (Å²) in [6.07, 6.45) is 0.840. The van der Waals surface area contributed by atoms with Gasteiger partial charge in [-0.3, -0.25) is 4.79 Å². The van der Waals surface area contributed by atoms with Crippen molar-refractivity contribution < 1.29 is 9.53 Å². The number of carbonyl (C=O) groups is 1. The van der Waals surface area contributed by atoms with Crippen LogP contribution in [0.3, 0.4) is 0 Å². The minimum absolute atomic E-state index is 0.0984. The van der Waals surface area contributed by atoms with Crippen molar-refractivity contribution >= 4 is 5.97 Å². The molecule has 0 saturated heterocycles. The van der Waals surface area contributed by atoms with Gasteiger partial charge in [-0.05, 0) is 52.4 Å². The number of carbonyl (C=O) groups excluding carboxylic acids is 1. The van der Waals surface area contributed by atoms with Crippen LogP contribution in [0.15, 0.2) is 0 Å². The van der Waals surface area contributed by atoms with Crippen molar-refractivity contribution in [2.45, 2.75) is 74.3 Å². The summed E-state index contributed by atoms with van der Waals surface area (Å²) in [7, 11) is 0.